The molecule has 0 aromatic carbocycles. The van der Waals surface area contributed by atoms with E-state index in [1.807, 2.05) is 27.7 Å². The predicted molar refractivity (Wildman–Crippen MR) is 368 cm³/mol. The molecular weight excluding hydrogens is 1300 g/mol. The lowest BCUT2D eigenvalue weighted by Crippen LogP contribution is -2.65. The zero-order chi connectivity index (χ0) is 72.5. The fourth-order valence-corrected chi connectivity index (χ4v) is 17.3. The quantitative estimate of drug-likeness (QED) is 0.192. The summed E-state index contributed by atoms with van der Waals surface area (Å²) in [6.45, 7) is 9.82. The average Bonchev–Trinajstić information content (AvgIpc) is 1.45. The van der Waals surface area contributed by atoms with Gasteiger partial charge in [0.05, 0.1) is 24.4 Å². The third kappa shape index (κ3) is 18.9. The van der Waals surface area contributed by atoms with Crippen LogP contribution in [-0.2, 0) is 52.7 Å². The molecule has 4 aliphatic heterocycles. The molecule has 4 saturated carbocycles. The molecule has 99 heavy (non-hydrogen) atoms. The minimum atomic E-state index is -4.47. The van der Waals surface area contributed by atoms with Crippen LogP contribution in [0, 0.1) is 35.5 Å². The Balaban J connectivity index is 1.14. The van der Waals surface area contributed by atoms with Gasteiger partial charge in [-0.25, -0.2) is 0 Å². The van der Waals surface area contributed by atoms with Gasteiger partial charge in [0.1, 0.15) is 48.3 Å². The summed E-state index contributed by atoms with van der Waals surface area (Å²) in [4.78, 5) is 178. The lowest BCUT2D eigenvalue weighted by molar-refractivity contribution is -0.182. The maximum atomic E-state index is 15.5. The third-order valence-corrected chi connectivity index (χ3v) is 24.4. The molecule has 0 bridgehead atoms. The Morgan fingerprint density at radius 2 is 1.23 bits per heavy atom. The molecule has 3 N–H and O–H groups in total. The van der Waals surface area contributed by atoms with E-state index in [1.165, 1.54) is 69.5 Å². The number of nitrogens with zero attached hydrogens (tertiary/aromatic N) is 9. The molecule has 558 valence electrons. The molecule has 4 aliphatic carbocycles. The van der Waals surface area contributed by atoms with Gasteiger partial charge in [-0.2, -0.15) is 13.2 Å². The van der Waals surface area contributed by atoms with Gasteiger partial charge in [-0.15, -0.1) is 11.6 Å². The molecular formula is C72H116ClF3N12O11. The molecule has 0 radical (unpaired) electrons. The Bertz CT molecular complexity index is 2890. The number of alkyl halides is 4. The van der Waals surface area contributed by atoms with E-state index in [1.54, 1.807) is 23.8 Å². The number of nitrogens with one attached hydrogen (secondary N) is 3. The molecule has 23 nitrogen and oxygen atoms in total. The van der Waals surface area contributed by atoms with E-state index in [2.05, 4.69) is 16.0 Å². The molecule has 3 unspecified atom stereocenters. The normalized spacial score (nSPS) is 31.9. The lowest BCUT2D eigenvalue weighted by Gasteiger charge is -2.45. The highest BCUT2D eigenvalue weighted by Crippen LogP contribution is 2.44. The second kappa shape index (κ2) is 34.5. The number of fused-ring (bicyclic) bond motifs is 2. The number of amides is 11. The first kappa shape index (κ1) is 78.9. The van der Waals surface area contributed by atoms with Gasteiger partial charge in [-0.3, -0.25) is 52.7 Å². The van der Waals surface area contributed by atoms with Crippen LogP contribution in [0.3, 0.4) is 0 Å². The van der Waals surface area contributed by atoms with Gasteiger partial charge in [0, 0.05) is 86.4 Å². The highest BCUT2D eigenvalue weighted by molar-refractivity contribution is 6.20. The minimum absolute atomic E-state index is 0.0577. The first-order valence-electron chi connectivity index (χ1n) is 37.3. The second-order valence-electron chi connectivity index (χ2n) is 31.1. The molecule has 11 amide bonds. The van der Waals surface area contributed by atoms with Crippen molar-refractivity contribution in [2.24, 2.45) is 35.5 Å². The second-order valence-corrected chi connectivity index (χ2v) is 31.7. The largest absolute Gasteiger partial charge is 0.393 e. The Labute approximate surface area is 590 Å². The van der Waals surface area contributed by atoms with Crippen molar-refractivity contribution >= 4 is 76.6 Å². The van der Waals surface area contributed by atoms with Crippen molar-refractivity contribution < 1.29 is 65.9 Å². The fraction of sp³-hybridized carbons (Fsp3) is 0.847. The fourth-order valence-electron chi connectivity index (χ4n) is 16.8. The Morgan fingerprint density at radius 1 is 0.606 bits per heavy atom. The Morgan fingerprint density at radius 3 is 1.83 bits per heavy atom. The van der Waals surface area contributed by atoms with Crippen molar-refractivity contribution in [2.75, 3.05) is 81.6 Å². The number of halogens is 4. The van der Waals surface area contributed by atoms with Crippen LogP contribution in [-0.4, -0.2) is 262 Å². The Kier molecular flexibility index (Phi) is 27.5. The number of likely N-dealkylation sites (tertiary alicyclic amines) is 1. The van der Waals surface area contributed by atoms with Crippen LogP contribution in [0.25, 0.3) is 0 Å². The van der Waals surface area contributed by atoms with Crippen molar-refractivity contribution in [1.29, 1.82) is 0 Å². The van der Waals surface area contributed by atoms with E-state index < -0.39 is 161 Å². The van der Waals surface area contributed by atoms with Gasteiger partial charge in [-0.05, 0) is 133 Å². The lowest BCUT2D eigenvalue weighted by atomic mass is 9.78. The molecule has 8 aliphatic rings. The molecule has 0 aromatic heterocycles. The zero-order valence-electron chi connectivity index (χ0n) is 60.9. The highest BCUT2D eigenvalue weighted by atomic mass is 35.5. The molecule has 4 heterocycles. The number of likely N-dealkylation sites (N-methyl/N-ethyl adjacent to an activating group) is 6. The third-order valence-electron chi connectivity index (χ3n) is 24.0. The van der Waals surface area contributed by atoms with Gasteiger partial charge in [-0.1, -0.05) is 91.9 Å². The number of hydrogen-bond donors (Lipinski definition) is 3. The average molecular weight is 1420 g/mol. The van der Waals surface area contributed by atoms with Gasteiger partial charge in [0.25, 0.3) is 0 Å². The molecule has 8 rings (SSSR count). The summed E-state index contributed by atoms with van der Waals surface area (Å²) in [5.74, 6) is -8.51. The van der Waals surface area contributed by atoms with Crippen LogP contribution in [0.2, 0.25) is 0 Å². The Hall–Kier alpha value is -5.79. The minimum Gasteiger partial charge on any atom is -0.343 e. The van der Waals surface area contributed by atoms with Gasteiger partial charge in [0.15, 0.2) is 0 Å². The van der Waals surface area contributed by atoms with Crippen LogP contribution in [0.5, 0.6) is 0 Å². The zero-order valence-corrected chi connectivity index (χ0v) is 61.6. The topological polar surface area (TPSA) is 253 Å². The number of carbonyl (C=O) groups excluding carboxylic acids is 11. The van der Waals surface area contributed by atoms with Crippen LogP contribution < -0.4 is 16.0 Å². The molecule has 13 atom stereocenters. The van der Waals surface area contributed by atoms with Crippen LogP contribution in [0.4, 0.5) is 13.2 Å². The maximum absolute atomic E-state index is 15.5. The van der Waals surface area contributed by atoms with Crippen LogP contribution >= 0.6 is 11.6 Å². The van der Waals surface area contributed by atoms with Gasteiger partial charge in [0.2, 0.25) is 65.0 Å². The standard InChI is InChI=1S/C72H116ClF3N12O11/c1-12-45(4)60-68(97)81(7)46(5)63(92)88-37-31-54(88)66(95)83(9)56(40-47-22-15-13-16-23-47)65(94)80(6)43-58(89)78-53(30-28-48-27-29-51(52(73)38-48)72(74,75)76)64(93)87-36-21-24-50(87)42-77-71(32-17-18-33-71)70(99)85(11)61(44(2)3)69(98)84(10)57(67(96)86-34-19-14-20-35-86)41-59(90)82(8)55(62(91)79-60)39-49-25-26-49/h44-57,60-61,77H,12-43H2,1-11H3,(H,78,89)(H,79,91)/t45-,46-,48?,50-,51?,52?,53-,54-,55-,56-,57-,60-,61-/m0/s1. The molecule has 27 heteroatoms. The van der Waals surface area contributed by atoms with Crippen molar-refractivity contribution in [2.45, 2.75) is 273 Å². The van der Waals surface area contributed by atoms with Crippen LogP contribution in [0.1, 0.15) is 202 Å². The molecule has 4 saturated heterocycles. The highest BCUT2D eigenvalue weighted by Gasteiger charge is 2.51. The number of piperidine rings is 1. The van der Waals surface area contributed by atoms with Gasteiger partial charge >= 0.3 is 6.18 Å². The summed E-state index contributed by atoms with van der Waals surface area (Å²) in [5, 5.41) is 8.35. The first-order valence-corrected chi connectivity index (χ1v) is 37.8. The number of carbonyl (C=O) groups is 11. The van der Waals surface area contributed by atoms with E-state index in [-0.39, 0.29) is 88.1 Å². The van der Waals surface area contributed by atoms with Crippen LogP contribution in [0.15, 0.2) is 0 Å². The van der Waals surface area contributed by atoms with E-state index in [4.69, 9.17) is 11.6 Å². The van der Waals surface area contributed by atoms with Crippen molar-refractivity contribution in [3.8, 4) is 0 Å². The number of rotatable bonds is 11. The summed E-state index contributed by atoms with van der Waals surface area (Å²) in [6.07, 6.45) is 8.55. The summed E-state index contributed by atoms with van der Waals surface area (Å²) >= 11 is 6.43. The smallest absolute Gasteiger partial charge is 0.343 e. The predicted octanol–water partition coefficient (Wildman–Crippen LogP) is 6.32. The molecule has 0 aromatic rings. The van der Waals surface area contributed by atoms with E-state index in [9.17, 15) is 41.9 Å². The van der Waals surface area contributed by atoms with Crippen molar-refractivity contribution in [3.05, 3.63) is 0 Å². The van der Waals surface area contributed by atoms with Crippen molar-refractivity contribution in [3.63, 3.8) is 0 Å². The monoisotopic (exact) mass is 1420 g/mol. The van der Waals surface area contributed by atoms with E-state index in [0.29, 0.717) is 64.6 Å². The SMILES string of the molecule is CC[C@H](C)[C@@H]1NC(=O)[C@H](CC2CC2)N(C)C(=O)C[C@@H](C(=O)N2CCCCC2)N(C)C(=O)[C@H](C(C)C)N(C)C(=O)C2(CCCC2)NC[C@@H]2CCCN2C(=O)[C@H](CCC2CCC(C(F)(F)F)C(Cl)C2)NC(=O)CN(C)C(=O)[C@H](CC2CCCCC2)N(C)C(=O)[C@@H]2CCN2C(=O)[C@H](C)N(C)C1=O. The van der Waals surface area contributed by atoms with Crippen molar-refractivity contribution in [1.82, 2.24) is 60.0 Å². The summed E-state index contributed by atoms with van der Waals surface area (Å²) < 4.78 is 42.0. The van der Waals surface area contributed by atoms with Gasteiger partial charge < -0.3 is 60.0 Å². The van der Waals surface area contributed by atoms with E-state index >= 15 is 24.0 Å². The number of hydrogen-bond acceptors (Lipinski definition) is 12. The maximum Gasteiger partial charge on any atom is 0.393 e. The summed E-state index contributed by atoms with van der Waals surface area (Å²) in [5.41, 5.74) is -1.18. The first-order chi connectivity index (χ1) is 46.8. The van der Waals surface area contributed by atoms with E-state index in [0.717, 1.165) is 64.2 Å². The summed E-state index contributed by atoms with van der Waals surface area (Å²) in [7, 11) is 9.00. The molecule has 8 fully saturated rings. The molecule has 1 spiro atoms. The summed E-state index contributed by atoms with van der Waals surface area (Å²) in [6, 6.07) is -9.53.